The molecule has 1 rings (SSSR count). The van der Waals surface area contributed by atoms with Gasteiger partial charge in [-0.05, 0) is 25.5 Å². The molecule has 0 saturated heterocycles. The van der Waals surface area contributed by atoms with Gasteiger partial charge in [0.15, 0.2) is 0 Å². The quantitative estimate of drug-likeness (QED) is 0.710. The molecule has 0 fully saturated rings. The highest BCUT2D eigenvalue weighted by molar-refractivity contribution is 5.07. The summed E-state index contributed by atoms with van der Waals surface area (Å²) in [6, 6.07) is 3.63. The van der Waals surface area contributed by atoms with E-state index in [4.69, 9.17) is 4.42 Å². The van der Waals surface area contributed by atoms with E-state index >= 15 is 0 Å². The van der Waals surface area contributed by atoms with Crippen LogP contribution in [0.5, 0.6) is 0 Å². The van der Waals surface area contributed by atoms with Crippen molar-refractivity contribution >= 4 is 0 Å². The van der Waals surface area contributed by atoms with Gasteiger partial charge < -0.3 is 9.52 Å². The average molecular weight is 182 g/mol. The van der Waals surface area contributed by atoms with Gasteiger partial charge in [-0.3, -0.25) is 0 Å². The maximum Gasteiger partial charge on any atom is 0.135 e. The van der Waals surface area contributed by atoms with Crippen LogP contribution < -0.4 is 0 Å². The smallest absolute Gasteiger partial charge is 0.135 e. The molecule has 2 nitrogen and oxygen atoms in total. The molecule has 0 aliphatic carbocycles. The first-order chi connectivity index (χ1) is 6.17. The van der Waals surface area contributed by atoms with Gasteiger partial charge in [-0.1, -0.05) is 26.2 Å². The van der Waals surface area contributed by atoms with Crippen molar-refractivity contribution in [2.45, 2.75) is 45.1 Å². The third-order valence-corrected chi connectivity index (χ3v) is 2.32. The summed E-state index contributed by atoms with van der Waals surface area (Å²) in [5.41, 5.74) is -0.793. The maximum atomic E-state index is 10.0. The summed E-state index contributed by atoms with van der Waals surface area (Å²) >= 11 is 0. The summed E-state index contributed by atoms with van der Waals surface area (Å²) in [5, 5.41) is 10.0. The Kier molecular flexibility index (Phi) is 3.55. The molecule has 0 aliphatic heterocycles. The van der Waals surface area contributed by atoms with Gasteiger partial charge in [-0.25, -0.2) is 0 Å². The third kappa shape index (κ3) is 2.88. The highest BCUT2D eigenvalue weighted by atomic mass is 16.4. The molecule has 0 bridgehead atoms. The molecule has 74 valence electrons. The molecule has 1 N–H and O–H groups in total. The highest BCUT2D eigenvalue weighted by Gasteiger charge is 2.24. The fourth-order valence-corrected chi connectivity index (χ4v) is 1.43. The van der Waals surface area contributed by atoms with Crippen molar-refractivity contribution in [2.24, 2.45) is 0 Å². The van der Waals surface area contributed by atoms with Crippen LogP contribution in [0.1, 0.15) is 45.3 Å². The second kappa shape index (κ2) is 4.47. The van der Waals surface area contributed by atoms with Gasteiger partial charge >= 0.3 is 0 Å². The number of hydrogen-bond acceptors (Lipinski definition) is 2. The largest absolute Gasteiger partial charge is 0.466 e. The lowest BCUT2D eigenvalue weighted by atomic mass is 9.96. The zero-order chi connectivity index (χ0) is 9.73. The molecule has 1 unspecified atom stereocenters. The number of hydrogen-bond donors (Lipinski definition) is 1. The van der Waals surface area contributed by atoms with Crippen LogP contribution in [0.4, 0.5) is 0 Å². The second-order valence-electron chi connectivity index (χ2n) is 3.71. The first kappa shape index (κ1) is 10.3. The van der Waals surface area contributed by atoms with Gasteiger partial charge in [0.1, 0.15) is 11.4 Å². The van der Waals surface area contributed by atoms with Gasteiger partial charge in [-0.15, -0.1) is 0 Å². The summed E-state index contributed by atoms with van der Waals surface area (Å²) in [7, 11) is 0. The van der Waals surface area contributed by atoms with Crippen LogP contribution in [0, 0.1) is 0 Å². The zero-order valence-electron chi connectivity index (χ0n) is 8.42. The molecule has 1 aromatic heterocycles. The fraction of sp³-hybridized carbons (Fsp3) is 0.636. The number of rotatable bonds is 5. The van der Waals surface area contributed by atoms with E-state index in [9.17, 15) is 5.11 Å². The Morgan fingerprint density at radius 2 is 2.23 bits per heavy atom. The average Bonchev–Trinajstić information content (AvgIpc) is 2.56. The topological polar surface area (TPSA) is 33.4 Å². The molecule has 0 amide bonds. The van der Waals surface area contributed by atoms with E-state index in [1.165, 1.54) is 6.42 Å². The van der Waals surface area contributed by atoms with Crippen LogP contribution in [0.2, 0.25) is 0 Å². The number of unbranched alkanes of at least 4 members (excludes halogenated alkanes) is 2. The first-order valence-electron chi connectivity index (χ1n) is 4.93. The molecule has 0 radical (unpaired) electrons. The summed E-state index contributed by atoms with van der Waals surface area (Å²) in [6.45, 7) is 3.96. The van der Waals surface area contributed by atoms with Gasteiger partial charge in [0.2, 0.25) is 0 Å². The third-order valence-electron chi connectivity index (χ3n) is 2.32. The van der Waals surface area contributed by atoms with E-state index in [0.717, 1.165) is 19.3 Å². The Balaban J connectivity index is 2.46. The highest BCUT2D eigenvalue weighted by Crippen LogP contribution is 2.26. The lowest BCUT2D eigenvalue weighted by molar-refractivity contribution is 0.0228. The Morgan fingerprint density at radius 3 is 2.77 bits per heavy atom. The predicted molar refractivity (Wildman–Crippen MR) is 52.4 cm³/mol. The van der Waals surface area contributed by atoms with Gasteiger partial charge in [0.05, 0.1) is 6.26 Å². The van der Waals surface area contributed by atoms with Crippen LogP contribution >= 0.6 is 0 Å². The molecule has 1 heterocycles. The minimum absolute atomic E-state index is 0.670. The van der Waals surface area contributed by atoms with Crippen molar-refractivity contribution in [3.05, 3.63) is 24.2 Å². The van der Waals surface area contributed by atoms with Gasteiger partial charge in [0, 0.05) is 0 Å². The van der Waals surface area contributed by atoms with Crippen molar-refractivity contribution in [2.75, 3.05) is 0 Å². The molecule has 0 spiro atoms. The summed E-state index contributed by atoms with van der Waals surface area (Å²) in [5.74, 6) is 0.670. The molecule has 2 heteroatoms. The molecule has 0 aliphatic rings. The van der Waals surface area contributed by atoms with Crippen molar-refractivity contribution in [3.63, 3.8) is 0 Å². The minimum atomic E-state index is -0.793. The molecule has 0 saturated carbocycles. The monoisotopic (exact) mass is 182 g/mol. The van der Waals surface area contributed by atoms with E-state index in [2.05, 4.69) is 6.92 Å². The first-order valence-corrected chi connectivity index (χ1v) is 4.93. The summed E-state index contributed by atoms with van der Waals surface area (Å²) in [4.78, 5) is 0. The molecular weight excluding hydrogens is 164 g/mol. The zero-order valence-corrected chi connectivity index (χ0v) is 8.42. The summed E-state index contributed by atoms with van der Waals surface area (Å²) in [6.07, 6.45) is 5.76. The summed E-state index contributed by atoms with van der Waals surface area (Å²) < 4.78 is 5.18. The molecule has 1 atom stereocenters. The molecule has 0 aromatic carbocycles. The van der Waals surface area contributed by atoms with Crippen LogP contribution in [0.15, 0.2) is 22.8 Å². The van der Waals surface area contributed by atoms with Crippen LogP contribution in [0.25, 0.3) is 0 Å². The Hall–Kier alpha value is -0.760. The SMILES string of the molecule is CCCCCC(C)(O)c1ccco1. The van der Waals surface area contributed by atoms with Crippen LogP contribution in [0.3, 0.4) is 0 Å². The van der Waals surface area contributed by atoms with Crippen LogP contribution in [-0.2, 0) is 5.60 Å². The second-order valence-corrected chi connectivity index (χ2v) is 3.71. The van der Waals surface area contributed by atoms with Crippen LogP contribution in [-0.4, -0.2) is 5.11 Å². The van der Waals surface area contributed by atoms with E-state index in [1.807, 2.05) is 19.1 Å². The Morgan fingerprint density at radius 1 is 1.46 bits per heavy atom. The predicted octanol–water partition coefficient (Wildman–Crippen LogP) is 3.07. The Bertz CT molecular complexity index is 224. The minimum Gasteiger partial charge on any atom is -0.466 e. The van der Waals surface area contributed by atoms with Crippen molar-refractivity contribution in [1.82, 2.24) is 0 Å². The van der Waals surface area contributed by atoms with Gasteiger partial charge in [0.25, 0.3) is 0 Å². The molecular formula is C11H18O2. The maximum absolute atomic E-state index is 10.0. The Labute approximate surface area is 79.6 Å². The standard InChI is InChI=1S/C11H18O2/c1-3-4-5-8-11(2,12)10-7-6-9-13-10/h6-7,9,12H,3-5,8H2,1-2H3. The van der Waals surface area contributed by atoms with E-state index in [1.54, 1.807) is 6.26 Å². The number of furan rings is 1. The van der Waals surface area contributed by atoms with E-state index in [0.29, 0.717) is 5.76 Å². The molecule has 13 heavy (non-hydrogen) atoms. The normalized spacial score (nSPS) is 15.6. The lowest BCUT2D eigenvalue weighted by Gasteiger charge is -2.20. The number of aliphatic hydroxyl groups is 1. The van der Waals surface area contributed by atoms with Crippen molar-refractivity contribution in [3.8, 4) is 0 Å². The fourth-order valence-electron chi connectivity index (χ4n) is 1.43. The molecule has 1 aromatic rings. The van der Waals surface area contributed by atoms with E-state index in [-0.39, 0.29) is 0 Å². The van der Waals surface area contributed by atoms with Crippen molar-refractivity contribution in [1.29, 1.82) is 0 Å². The van der Waals surface area contributed by atoms with E-state index < -0.39 is 5.60 Å². The van der Waals surface area contributed by atoms with Gasteiger partial charge in [-0.2, -0.15) is 0 Å². The van der Waals surface area contributed by atoms with Crippen molar-refractivity contribution < 1.29 is 9.52 Å². The lowest BCUT2D eigenvalue weighted by Crippen LogP contribution is -2.19.